The molecule has 1 rings (SSSR count). The third-order valence-electron chi connectivity index (χ3n) is 1.76. The van der Waals surface area contributed by atoms with Gasteiger partial charge in [-0.3, -0.25) is 0 Å². The molecule has 0 saturated carbocycles. The van der Waals surface area contributed by atoms with E-state index in [2.05, 4.69) is 30.8 Å². The first-order valence-corrected chi connectivity index (χ1v) is 4.14. The predicted molar refractivity (Wildman–Crippen MR) is 52.9 cm³/mol. The van der Waals surface area contributed by atoms with Crippen molar-refractivity contribution in [2.45, 2.75) is 19.9 Å². The summed E-state index contributed by atoms with van der Waals surface area (Å²) in [6.07, 6.45) is 0.963. The summed E-state index contributed by atoms with van der Waals surface area (Å²) in [6, 6.07) is 8.35. The summed E-state index contributed by atoms with van der Waals surface area (Å²) >= 11 is 0. The molecule has 12 heavy (non-hydrogen) atoms. The zero-order valence-electron chi connectivity index (χ0n) is 7.51. The lowest BCUT2D eigenvalue weighted by Gasteiger charge is -2.01. The van der Waals surface area contributed by atoms with Crippen molar-refractivity contribution in [1.82, 2.24) is 0 Å². The molecule has 1 nitrogen and oxygen atoms in total. The maximum atomic E-state index is 5.48. The molecule has 0 amide bonds. The Hall–Kier alpha value is -1.08. The zero-order chi connectivity index (χ0) is 8.97. The van der Waals surface area contributed by atoms with Gasteiger partial charge in [0, 0.05) is 6.54 Å². The van der Waals surface area contributed by atoms with Gasteiger partial charge in [0.15, 0.2) is 0 Å². The number of rotatable bonds is 3. The summed E-state index contributed by atoms with van der Waals surface area (Å²) < 4.78 is 0. The summed E-state index contributed by atoms with van der Waals surface area (Å²) in [4.78, 5) is 0. The third kappa shape index (κ3) is 2.51. The molecule has 1 aromatic carbocycles. The highest BCUT2D eigenvalue weighted by molar-refractivity contribution is 5.25. The van der Waals surface area contributed by atoms with E-state index in [0.29, 0.717) is 6.54 Å². The molecule has 0 radical (unpaired) electrons. The Morgan fingerprint density at radius 2 is 1.75 bits per heavy atom. The Balaban J connectivity index is 2.71. The molecule has 0 aliphatic carbocycles. The zero-order valence-corrected chi connectivity index (χ0v) is 7.51. The van der Waals surface area contributed by atoms with Crippen molar-refractivity contribution >= 4 is 0 Å². The molecule has 1 aromatic rings. The minimum absolute atomic E-state index is 0.618. The van der Waals surface area contributed by atoms with Crippen LogP contribution in [0.25, 0.3) is 0 Å². The second-order valence-corrected chi connectivity index (χ2v) is 3.15. The highest BCUT2D eigenvalue weighted by Crippen LogP contribution is 2.07. The first-order chi connectivity index (χ1) is 5.72. The molecule has 0 bridgehead atoms. The van der Waals surface area contributed by atoms with Gasteiger partial charge >= 0.3 is 0 Å². The Kier molecular flexibility index (Phi) is 3.06. The molecular formula is C11H15N. The minimum atomic E-state index is 0.618. The summed E-state index contributed by atoms with van der Waals surface area (Å²) in [6.45, 7) is 6.53. The molecule has 0 fully saturated rings. The van der Waals surface area contributed by atoms with Gasteiger partial charge < -0.3 is 5.73 Å². The fourth-order valence-electron chi connectivity index (χ4n) is 1.14. The van der Waals surface area contributed by atoms with Gasteiger partial charge in [-0.15, -0.1) is 0 Å². The summed E-state index contributed by atoms with van der Waals surface area (Å²) in [5, 5.41) is 0. The van der Waals surface area contributed by atoms with Crippen LogP contribution in [0.5, 0.6) is 0 Å². The van der Waals surface area contributed by atoms with Gasteiger partial charge in [-0.1, -0.05) is 36.4 Å². The van der Waals surface area contributed by atoms with Crippen LogP contribution in [0.2, 0.25) is 0 Å². The van der Waals surface area contributed by atoms with Crippen molar-refractivity contribution in [3.05, 3.63) is 47.5 Å². The molecule has 0 saturated heterocycles. The molecule has 1 heteroatoms. The molecular weight excluding hydrogens is 146 g/mol. The Morgan fingerprint density at radius 3 is 2.17 bits per heavy atom. The molecule has 0 spiro atoms. The van der Waals surface area contributed by atoms with Gasteiger partial charge in [-0.2, -0.15) is 0 Å². The smallest absolute Gasteiger partial charge is 0.0178 e. The van der Waals surface area contributed by atoms with Crippen molar-refractivity contribution in [3.8, 4) is 0 Å². The van der Waals surface area contributed by atoms with Crippen LogP contribution in [0.4, 0.5) is 0 Å². The van der Waals surface area contributed by atoms with Gasteiger partial charge in [-0.05, 0) is 24.5 Å². The lowest BCUT2D eigenvalue weighted by atomic mass is 10.1. The van der Waals surface area contributed by atoms with E-state index >= 15 is 0 Å². The summed E-state index contributed by atoms with van der Waals surface area (Å²) in [5.41, 5.74) is 9.16. The van der Waals surface area contributed by atoms with Crippen molar-refractivity contribution < 1.29 is 0 Å². The van der Waals surface area contributed by atoms with Crippen molar-refractivity contribution in [1.29, 1.82) is 0 Å². The molecule has 0 unspecified atom stereocenters. The molecule has 0 aromatic heterocycles. The normalized spacial score (nSPS) is 9.83. The highest BCUT2D eigenvalue weighted by Gasteiger charge is 1.92. The van der Waals surface area contributed by atoms with Crippen LogP contribution >= 0.6 is 0 Å². The lowest BCUT2D eigenvalue weighted by Crippen LogP contribution is -1.96. The second-order valence-electron chi connectivity index (χ2n) is 3.15. The van der Waals surface area contributed by atoms with Gasteiger partial charge in [0.2, 0.25) is 0 Å². The first kappa shape index (κ1) is 9.01. The minimum Gasteiger partial charge on any atom is -0.326 e. The van der Waals surface area contributed by atoms with E-state index in [1.807, 2.05) is 6.92 Å². The standard InChI is InChI=1S/C11H15N/c1-9(2)7-10-3-5-11(8-12)6-4-10/h3-6H,1,7-8,12H2,2H3. The van der Waals surface area contributed by atoms with E-state index in [9.17, 15) is 0 Å². The van der Waals surface area contributed by atoms with Gasteiger partial charge in [0.05, 0.1) is 0 Å². The van der Waals surface area contributed by atoms with Gasteiger partial charge in [0.25, 0.3) is 0 Å². The van der Waals surface area contributed by atoms with Gasteiger partial charge in [-0.25, -0.2) is 0 Å². The Bertz CT molecular complexity index is 259. The average Bonchev–Trinajstić information content (AvgIpc) is 2.05. The van der Waals surface area contributed by atoms with E-state index in [1.165, 1.54) is 16.7 Å². The van der Waals surface area contributed by atoms with Crippen LogP contribution in [-0.2, 0) is 13.0 Å². The Labute approximate surface area is 73.9 Å². The lowest BCUT2D eigenvalue weighted by molar-refractivity contribution is 1.06. The number of hydrogen-bond acceptors (Lipinski definition) is 1. The van der Waals surface area contributed by atoms with Crippen molar-refractivity contribution in [2.75, 3.05) is 0 Å². The number of hydrogen-bond donors (Lipinski definition) is 1. The van der Waals surface area contributed by atoms with E-state index in [-0.39, 0.29) is 0 Å². The van der Waals surface area contributed by atoms with Gasteiger partial charge in [0.1, 0.15) is 0 Å². The molecule has 0 heterocycles. The molecule has 64 valence electrons. The summed E-state index contributed by atoms with van der Waals surface area (Å²) in [5.74, 6) is 0. The molecule has 0 atom stereocenters. The van der Waals surface area contributed by atoms with E-state index in [1.54, 1.807) is 0 Å². The van der Waals surface area contributed by atoms with E-state index in [0.717, 1.165) is 6.42 Å². The average molecular weight is 161 g/mol. The van der Waals surface area contributed by atoms with Crippen molar-refractivity contribution in [3.63, 3.8) is 0 Å². The fraction of sp³-hybridized carbons (Fsp3) is 0.273. The fourth-order valence-corrected chi connectivity index (χ4v) is 1.14. The monoisotopic (exact) mass is 161 g/mol. The molecule has 2 N–H and O–H groups in total. The van der Waals surface area contributed by atoms with Crippen LogP contribution in [-0.4, -0.2) is 0 Å². The summed E-state index contributed by atoms with van der Waals surface area (Å²) in [7, 11) is 0. The van der Waals surface area contributed by atoms with E-state index in [4.69, 9.17) is 5.73 Å². The Morgan fingerprint density at radius 1 is 1.25 bits per heavy atom. The van der Waals surface area contributed by atoms with Crippen LogP contribution in [0, 0.1) is 0 Å². The SMILES string of the molecule is C=C(C)Cc1ccc(CN)cc1. The quantitative estimate of drug-likeness (QED) is 0.676. The van der Waals surface area contributed by atoms with Crippen molar-refractivity contribution in [2.24, 2.45) is 5.73 Å². The third-order valence-corrected chi connectivity index (χ3v) is 1.76. The topological polar surface area (TPSA) is 26.0 Å². The van der Waals surface area contributed by atoms with Crippen LogP contribution in [0.15, 0.2) is 36.4 Å². The van der Waals surface area contributed by atoms with Crippen LogP contribution in [0.3, 0.4) is 0 Å². The second kappa shape index (κ2) is 4.07. The van der Waals surface area contributed by atoms with Crippen LogP contribution < -0.4 is 5.73 Å². The highest BCUT2D eigenvalue weighted by atomic mass is 14.5. The maximum Gasteiger partial charge on any atom is 0.0178 e. The maximum absolute atomic E-state index is 5.48. The first-order valence-electron chi connectivity index (χ1n) is 4.14. The van der Waals surface area contributed by atoms with E-state index < -0.39 is 0 Å². The predicted octanol–water partition coefficient (Wildman–Crippen LogP) is 2.26. The number of nitrogens with two attached hydrogens (primary N) is 1. The number of benzene rings is 1. The largest absolute Gasteiger partial charge is 0.326 e. The number of allylic oxidation sites excluding steroid dienone is 1. The van der Waals surface area contributed by atoms with Crippen LogP contribution in [0.1, 0.15) is 18.1 Å². The molecule has 0 aliphatic rings. The molecule has 0 aliphatic heterocycles.